The summed E-state index contributed by atoms with van der Waals surface area (Å²) in [6, 6.07) is 7.20. The molecule has 3 rings (SSSR count). The quantitative estimate of drug-likeness (QED) is 0.833. The van der Waals surface area contributed by atoms with Gasteiger partial charge in [-0.05, 0) is 19.1 Å². The van der Waals surface area contributed by atoms with E-state index >= 15 is 0 Å². The molecule has 2 aromatic rings. The predicted octanol–water partition coefficient (Wildman–Crippen LogP) is 2.26. The number of hydrogen-bond acceptors (Lipinski definition) is 6. The molecule has 0 spiro atoms. The highest BCUT2D eigenvalue weighted by atomic mass is 35.5. The van der Waals surface area contributed by atoms with Crippen LogP contribution in [0.4, 0.5) is 0 Å². The summed E-state index contributed by atoms with van der Waals surface area (Å²) in [6.45, 7) is 4.87. The van der Waals surface area contributed by atoms with Crippen LogP contribution in [0.15, 0.2) is 36.7 Å². The van der Waals surface area contributed by atoms with Crippen molar-refractivity contribution in [3.63, 3.8) is 0 Å². The zero-order chi connectivity index (χ0) is 18.4. The van der Waals surface area contributed by atoms with Crippen LogP contribution in [0.3, 0.4) is 0 Å². The molecule has 26 heavy (non-hydrogen) atoms. The minimum Gasteiger partial charge on any atom is -0.436 e. The maximum atomic E-state index is 11.9. The Balaban J connectivity index is 1.57. The number of likely N-dealkylation sites (N-methyl/N-ethyl adjacent to an activating group) is 1. The molecule has 0 radical (unpaired) electrons. The zero-order valence-corrected chi connectivity index (χ0v) is 15.3. The number of hydrogen-bond donors (Lipinski definition) is 1. The number of amides is 1. The molecule has 138 valence electrons. The smallest absolute Gasteiger partial charge is 0.250 e. The van der Waals surface area contributed by atoms with Crippen molar-refractivity contribution in [2.24, 2.45) is 0 Å². The maximum Gasteiger partial charge on any atom is 0.250 e. The lowest BCUT2D eigenvalue weighted by molar-refractivity contribution is -0.138. The molecule has 0 saturated carbocycles. The summed E-state index contributed by atoms with van der Waals surface area (Å²) in [5.74, 6) is 0.838. The molecule has 7 nitrogen and oxygen atoms in total. The van der Waals surface area contributed by atoms with Gasteiger partial charge in [-0.25, -0.2) is 4.98 Å². The molecule has 1 aromatic carbocycles. The third-order valence-electron chi connectivity index (χ3n) is 3.91. The van der Waals surface area contributed by atoms with Crippen LogP contribution in [0.1, 0.15) is 12.6 Å². The topological polar surface area (TPSA) is 76.6 Å². The number of nitrogens with zero attached hydrogens (tertiary/aromatic N) is 3. The van der Waals surface area contributed by atoms with Gasteiger partial charge >= 0.3 is 0 Å². The Bertz CT molecular complexity index is 741. The number of carbonyl (C=O) groups is 1. The van der Waals surface area contributed by atoms with Crippen molar-refractivity contribution in [3.8, 4) is 11.6 Å². The monoisotopic (exact) mass is 376 g/mol. The maximum absolute atomic E-state index is 11.9. The standard InChI is InChI=1S/C18H21ClN4O3/c1-2-20-18(24)16-12-23(7-8-25-16)11-13-9-22-17(10-21-13)26-15-6-4-3-5-14(15)19/h3-6,9-10,16H,2,7-8,11-12H2,1H3,(H,20,24)/t16-/m0/s1. The Kier molecular flexibility index (Phi) is 6.38. The Hall–Kier alpha value is -2.22. The van der Waals surface area contributed by atoms with Gasteiger partial charge in [-0.3, -0.25) is 14.7 Å². The lowest BCUT2D eigenvalue weighted by Gasteiger charge is -2.31. The van der Waals surface area contributed by atoms with Gasteiger partial charge in [0.2, 0.25) is 11.8 Å². The van der Waals surface area contributed by atoms with E-state index in [4.69, 9.17) is 21.1 Å². The lowest BCUT2D eigenvalue weighted by Crippen LogP contribution is -2.49. The number of carbonyl (C=O) groups excluding carboxylic acids is 1. The number of morpholine rings is 1. The van der Waals surface area contributed by atoms with E-state index in [0.29, 0.717) is 42.9 Å². The van der Waals surface area contributed by atoms with Crippen LogP contribution in [0.5, 0.6) is 11.6 Å². The SMILES string of the molecule is CCNC(=O)[C@@H]1CN(Cc2cnc(Oc3ccccc3Cl)cn2)CCO1. The summed E-state index contributed by atoms with van der Waals surface area (Å²) in [5.41, 5.74) is 0.799. The largest absolute Gasteiger partial charge is 0.436 e. The minimum absolute atomic E-state index is 0.0771. The summed E-state index contributed by atoms with van der Waals surface area (Å²) in [6.07, 6.45) is 2.79. The Morgan fingerprint density at radius 3 is 2.96 bits per heavy atom. The summed E-state index contributed by atoms with van der Waals surface area (Å²) in [7, 11) is 0. The summed E-state index contributed by atoms with van der Waals surface area (Å²) in [5, 5.41) is 3.31. The third-order valence-corrected chi connectivity index (χ3v) is 4.22. The predicted molar refractivity (Wildman–Crippen MR) is 97.3 cm³/mol. The second-order valence-corrected chi connectivity index (χ2v) is 6.27. The fourth-order valence-corrected chi connectivity index (χ4v) is 2.81. The van der Waals surface area contributed by atoms with Crippen molar-refractivity contribution in [2.75, 3.05) is 26.2 Å². The fourth-order valence-electron chi connectivity index (χ4n) is 2.64. The van der Waals surface area contributed by atoms with E-state index in [1.807, 2.05) is 19.1 Å². The van der Waals surface area contributed by atoms with Gasteiger partial charge < -0.3 is 14.8 Å². The van der Waals surface area contributed by atoms with E-state index < -0.39 is 6.10 Å². The van der Waals surface area contributed by atoms with Gasteiger partial charge in [0.15, 0.2) is 0 Å². The average Bonchev–Trinajstić information content (AvgIpc) is 2.66. The highest BCUT2D eigenvalue weighted by molar-refractivity contribution is 6.32. The molecule has 1 N–H and O–H groups in total. The van der Waals surface area contributed by atoms with Crippen molar-refractivity contribution in [1.29, 1.82) is 0 Å². The van der Waals surface area contributed by atoms with Gasteiger partial charge in [0.1, 0.15) is 11.9 Å². The van der Waals surface area contributed by atoms with Crippen molar-refractivity contribution < 1.29 is 14.3 Å². The number of aromatic nitrogens is 2. The van der Waals surface area contributed by atoms with Crippen LogP contribution in [-0.2, 0) is 16.1 Å². The van der Waals surface area contributed by atoms with Crippen LogP contribution >= 0.6 is 11.6 Å². The first kappa shape index (κ1) is 18.6. The van der Waals surface area contributed by atoms with Crippen molar-refractivity contribution in [1.82, 2.24) is 20.2 Å². The van der Waals surface area contributed by atoms with Crippen LogP contribution in [0, 0.1) is 0 Å². The van der Waals surface area contributed by atoms with Crippen LogP contribution in [0.2, 0.25) is 5.02 Å². The second kappa shape index (κ2) is 8.93. The van der Waals surface area contributed by atoms with E-state index in [1.54, 1.807) is 24.5 Å². The van der Waals surface area contributed by atoms with E-state index in [0.717, 1.165) is 12.2 Å². The van der Waals surface area contributed by atoms with Crippen LogP contribution in [-0.4, -0.2) is 53.1 Å². The Labute approximate surface area is 157 Å². The number of para-hydroxylation sites is 1. The molecule has 1 amide bonds. The number of nitrogens with one attached hydrogen (secondary N) is 1. The summed E-state index contributed by atoms with van der Waals surface area (Å²) >= 11 is 6.07. The highest BCUT2D eigenvalue weighted by Gasteiger charge is 2.26. The fraction of sp³-hybridized carbons (Fsp3) is 0.389. The molecule has 1 aromatic heterocycles. The van der Waals surface area contributed by atoms with E-state index in [2.05, 4.69) is 20.2 Å². The van der Waals surface area contributed by atoms with Gasteiger partial charge in [0.05, 0.1) is 29.7 Å². The van der Waals surface area contributed by atoms with Gasteiger partial charge in [-0.2, -0.15) is 0 Å². The second-order valence-electron chi connectivity index (χ2n) is 5.87. The summed E-state index contributed by atoms with van der Waals surface area (Å²) < 4.78 is 11.2. The van der Waals surface area contributed by atoms with E-state index in [-0.39, 0.29) is 5.91 Å². The molecule has 1 fully saturated rings. The molecule has 2 heterocycles. The van der Waals surface area contributed by atoms with Gasteiger partial charge in [-0.15, -0.1) is 0 Å². The minimum atomic E-state index is -0.445. The molecule has 8 heteroatoms. The molecule has 1 atom stereocenters. The highest BCUT2D eigenvalue weighted by Crippen LogP contribution is 2.27. The number of benzene rings is 1. The first-order valence-corrected chi connectivity index (χ1v) is 8.88. The third kappa shape index (κ3) is 4.91. The van der Waals surface area contributed by atoms with Crippen LogP contribution in [0.25, 0.3) is 0 Å². The van der Waals surface area contributed by atoms with Gasteiger partial charge in [0.25, 0.3) is 0 Å². The first-order chi connectivity index (χ1) is 12.7. The Morgan fingerprint density at radius 2 is 2.23 bits per heavy atom. The van der Waals surface area contributed by atoms with Gasteiger partial charge in [0, 0.05) is 26.2 Å². The first-order valence-electron chi connectivity index (χ1n) is 8.50. The van der Waals surface area contributed by atoms with E-state index in [1.165, 1.54) is 0 Å². The summed E-state index contributed by atoms with van der Waals surface area (Å²) in [4.78, 5) is 22.7. The normalized spacial score (nSPS) is 17.7. The van der Waals surface area contributed by atoms with Gasteiger partial charge in [-0.1, -0.05) is 23.7 Å². The lowest BCUT2D eigenvalue weighted by atomic mass is 10.2. The average molecular weight is 377 g/mol. The molecular weight excluding hydrogens is 356 g/mol. The molecule has 0 aliphatic carbocycles. The molecular formula is C18H21ClN4O3. The number of ether oxygens (including phenoxy) is 2. The van der Waals surface area contributed by atoms with E-state index in [9.17, 15) is 4.79 Å². The Morgan fingerprint density at radius 1 is 1.38 bits per heavy atom. The van der Waals surface area contributed by atoms with Crippen molar-refractivity contribution >= 4 is 17.5 Å². The number of halogens is 1. The molecule has 1 aliphatic rings. The van der Waals surface area contributed by atoms with Crippen LogP contribution < -0.4 is 10.1 Å². The van der Waals surface area contributed by atoms with Crippen molar-refractivity contribution in [3.05, 3.63) is 47.4 Å². The van der Waals surface area contributed by atoms with Crippen molar-refractivity contribution in [2.45, 2.75) is 19.6 Å². The molecule has 1 aliphatic heterocycles. The number of rotatable bonds is 6. The zero-order valence-electron chi connectivity index (χ0n) is 14.5. The molecule has 1 saturated heterocycles. The molecule has 0 bridgehead atoms. The molecule has 0 unspecified atom stereocenters.